The number of aryl methyl sites for hydroxylation is 1. The number of benzene rings is 2. The molecule has 6 heteroatoms. The Morgan fingerprint density at radius 2 is 2.12 bits per heavy atom. The van der Waals surface area contributed by atoms with E-state index < -0.39 is 0 Å². The van der Waals surface area contributed by atoms with Gasteiger partial charge in [-0.3, -0.25) is 4.79 Å². The molecule has 1 aromatic heterocycles. The third-order valence-electron chi connectivity index (χ3n) is 3.53. The summed E-state index contributed by atoms with van der Waals surface area (Å²) < 4.78 is 19.8. The van der Waals surface area contributed by atoms with Gasteiger partial charge >= 0.3 is 0 Å². The molecule has 124 valence electrons. The Morgan fingerprint density at radius 1 is 1.29 bits per heavy atom. The smallest absolute Gasteiger partial charge is 0.221 e. The summed E-state index contributed by atoms with van der Waals surface area (Å²) in [6.45, 7) is 3.83. The number of carbonyl (C=O) groups excluding carboxylic acids is 1. The van der Waals surface area contributed by atoms with Gasteiger partial charge in [0.1, 0.15) is 23.2 Å². The van der Waals surface area contributed by atoms with Crippen LogP contribution in [0, 0.1) is 5.82 Å². The highest BCUT2D eigenvalue weighted by molar-refractivity contribution is 7.18. The summed E-state index contributed by atoms with van der Waals surface area (Å²) in [7, 11) is 0. The second-order valence-electron chi connectivity index (χ2n) is 5.36. The Bertz CT molecular complexity index is 892. The number of carbonyl (C=O) groups is 1. The van der Waals surface area contributed by atoms with Gasteiger partial charge in [0.2, 0.25) is 5.91 Å². The van der Waals surface area contributed by atoms with Gasteiger partial charge in [0.05, 0.1) is 10.2 Å². The fraction of sp³-hybridized carbons (Fsp3) is 0.222. The van der Waals surface area contributed by atoms with E-state index in [0.717, 1.165) is 32.9 Å². The van der Waals surface area contributed by atoms with Crippen molar-refractivity contribution in [3.8, 4) is 5.75 Å². The maximum atomic E-state index is 13.2. The van der Waals surface area contributed by atoms with Crippen LogP contribution in [-0.4, -0.2) is 10.9 Å². The van der Waals surface area contributed by atoms with Crippen LogP contribution in [0.1, 0.15) is 24.4 Å². The molecule has 0 spiro atoms. The fourth-order valence-corrected chi connectivity index (χ4v) is 3.32. The number of nitrogens with one attached hydrogen (secondary N) is 1. The number of halogens is 1. The number of fused-ring (bicyclic) bond motifs is 1. The molecular formula is C18H17FN2O2S. The van der Waals surface area contributed by atoms with E-state index in [2.05, 4.69) is 10.3 Å². The number of aromatic nitrogens is 1. The average molecular weight is 344 g/mol. The molecule has 1 amide bonds. The fourth-order valence-electron chi connectivity index (χ4n) is 2.42. The Kier molecular flexibility index (Phi) is 4.76. The monoisotopic (exact) mass is 344 g/mol. The highest BCUT2D eigenvalue weighted by Gasteiger charge is 2.08. The number of nitrogens with zero attached hydrogens (tertiary/aromatic N) is 1. The van der Waals surface area contributed by atoms with Crippen LogP contribution in [0.3, 0.4) is 0 Å². The molecule has 4 nitrogen and oxygen atoms in total. The molecule has 0 aliphatic heterocycles. The molecule has 1 N–H and O–H groups in total. The minimum atomic E-state index is -0.264. The third kappa shape index (κ3) is 3.71. The van der Waals surface area contributed by atoms with Gasteiger partial charge in [-0.25, -0.2) is 9.37 Å². The van der Waals surface area contributed by atoms with Gasteiger partial charge in [-0.15, -0.1) is 11.3 Å². The number of hydrogen-bond donors (Lipinski definition) is 1. The molecule has 3 rings (SSSR count). The number of hydrogen-bond acceptors (Lipinski definition) is 4. The Balaban J connectivity index is 1.74. The minimum Gasteiger partial charge on any atom is -0.486 e. The van der Waals surface area contributed by atoms with Crippen molar-refractivity contribution in [2.75, 3.05) is 5.32 Å². The first-order valence-corrected chi connectivity index (χ1v) is 8.45. The Hall–Kier alpha value is -2.47. The molecule has 0 bridgehead atoms. The van der Waals surface area contributed by atoms with Crippen molar-refractivity contribution in [3.63, 3.8) is 0 Å². The van der Waals surface area contributed by atoms with Crippen molar-refractivity contribution in [2.24, 2.45) is 0 Å². The summed E-state index contributed by atoms with van der Waals surface area (Å²) >= 11 is 1.42. The zero-order valence-electron chi connectivity index (χ0n) is 13.4. The number of ether oxygens (including phenoxy) is 1. The average Bonchev–Trinajstić information content (AvgIpc) is 2.95. The highest BCUT2D eigenvalue weighted by atomic mass is 32.1. The third-order valence-corrected chi connectivity index (χ3v) is 4.52. The van der Waals surface area contributed by atoms with Crippen LogP contribution in [0.25, 0.3) is 10.2 Å². The predicted molar refractivity (Wildman–Crippen MR) is 94.0 cm³/mol. The van der Waals surface area contributed by atoms with Gasteiger partial charge in [-0.2, -0.15) is 0 Å². The lowest BCUT2D eigenvalue weighted by atomic mass is 10.1. The first-order chi connectivity index (χ1) is 11.5. The van der Waals surface area contributed by atoms with Crippen molar-refractivity contribution in [3.05, 3.63) is 52.8 Å². The van der Waals surface area contributed by atoms with Crippen molar-refractivity contribution in [1.29, 1.82) is 0 Å². The van der Waals surface area contributed by atoms with Crippen LogP contribution in [0.4, 0.5) is 10.1 Å². The lowest BCUT2D eigenvalue weighted by Gasteiger charge is -2.11. The summed E-state index contributed by atoms with van der Waals surface area (Å²) in [4.78, 5) is 15.6. The highest BCUT2D eigenvalue weighted by Crippen LogP contribution is 2.26. The van der Waals surface area contributed by atoms with Crippen molar-refractivity contribution in [2.45, 2.75) is 26.9 Å². The SMILES string of the molecule is CCc1cc(OCc2nc3ccc(F)cc3s2)ccc1NC(C)=O. The van der Waals surface area contributed by atoms with Gasteiger partial charge < -0.3 is 10.1 Å². The number of thiazole rings is 1. The molecular weight excluding hydrogens is 327 g/mol. The summed E-state index contributed by atoms with van der Waals surface area (Å²) in [6, 6.07) is 10.1. The van der Waals surface area contributed by atoms with Crippen LogP contribution >= 0.6 is 11.3 Å². The molecule has 24 heavy (non-hydrogen) atoms. The van der Waals surface area contributed by atoms with E-state index in [9.17, 15) is 9.18 Å². The first-order valence-electron chi connectivity index (χ1n) is 7.63. The van der Waals surface area contributed by atoms with Gasteiger partial charge in [-0.05, 0) is 48.4 Å². The van der Waals surface area contributed by atoms with Gasteiger partial charge in [0.15, 0.2) is 0 Å². The molecule has 0 saturated heterocycles. The number of amides is 1. The van der Waals surface area contributed by atoms with E-state index >= 15 is 0 Å². The molecule has 0 unspecified atom stereocenters. The van der Waals surface area contributed by atoms with E-state index in [4.69, 9.17) is 4.74 Å². The lowest BCUT2D eigenvalue weighted by molar-refractivity contribution is -0.114. The molecule has 1 heterocycles. The second kappa shape index (κ2) is 6.97. The molecule has 0 aliphatic rings. The molecule has 0 radical (unpaired) electrons. The summed E-state index contributed by atoms with van der Waals surface area (Å²) in [5, 5.41) is 3.60. The first kappa shape index (κ1) is 16.4. The summed E-state index contributed by atoms with van der Waals surface area (Å²) in [5.74, 6) is 0.353. The maximum Gasteiger partial charge on any atom is 0.221 e. The topological polar surface area (TPSA) is 51.2 Å². The van der Waals surface area contributed by atoms with Crippen LogP contribution in [0.2, 0.25) is 0 Å². The summed E-state index contributed by atoms with van der Waals surface area (Å²) in [6.07, 6.45) is 0.785. The molecule has 3 aromatic rings. The largest absolute Gasteiger partial charge is 0.486 e. The lowest BCUT2D eigenvalue weighted by Crippen LogP contribution is -2.08. The van der Waals surface area contributed by atoms with Crippen molar-refractivity contribution in [1.82, 2.24) is 4.98 Å². The second-order valence-corrected chi connectivity index (χ2v) is 6.48. The molecule has 0 aliphatic carbocycles. The van der Waals surface area contributed by atoms with E-state index in [-0.39, 0.29) is 11.7 Å². The number of rotatable bonds is 5. The molecule has 2 aromatic carbocycles. The zero-order chi connectivity index (χ0) is 17.1. The van der Waals surface area contributed by atoms with Crippen LogP contribution < -0.4 is 10.1 Å². The van der Waals surface area contributed by atoms with E-state index in [0.29, 0.717) is 12.4 Å². The Labute approximate surface area is 143 Å². The van der Waals surface area contributed by atoms with E-state index in [1.165, 1.54) is 30.4 Å². The van der Waals surface area contributed by atoms with Crippen LogP contribution in [0.5, 0.6) is 5.75 Å². The van der Waals surface area contributed by atoms with E-state index in [1.807, 2.05) is 25.1 Å². The van der Waals surface area contributed by atoms with E-state index in [1.54, 1.807) is 6.07 Å². The molecule has 0 fully saturated rings. The van der Waals surface area contributed by atoms with Gasteiger partial charge in [0, 0.05) is 12.6 Å². The minimum absolute atomic E-state index is 0.0972. The predicted octanol–water partition coefficient (Wildman–Crippen LogP) is 4.54. The molecule has 0 saturated carbocycles. The quantitative estimate of drug-likeness (QED) is 0.739. The van der Waals surface area contributed by atoms with Crippen molar-refractivity contribution < 1.29 is 13.9 Å². The normalized spacial score (nSPS) is 10.8. The van der Waals surface area contributed by atoms with Gasteiger partial charge in [-0.1, -0.05) is 6.92 Å². The standard InChI is InChI=1S/C18H17FN2O2S/c1-3-12-8-14(5-7-15(12)20-11(2)22)23-10-18-21-16-6-4-13(19)9-17(16)24-18/h4-9H,3,10H2,1-2H3,(H,20,22). The van der Waals surface area contributed by atoms with Crippen molar-refractivity contribution >= 4 is 33.1 Å². The maximum absolute atomic E-state index is 13.2. The van der Waals surface area contributed by atoms with Gasteiger partial charge in [0.25, 0.3) is 0 Å². The summed E-state index contributed by atoms with van der Waals surface area (Å²) in [5.41, 5.74) is 2.58. The number of anilines is 1. The Morgan fingerprint density at radius 3 is 2.88 bits per heavy atom. The van der Waals surface area contributed by atoms with Crippen LogP contribution in [0.15, 0.2) is 36.4 Å². The van der Waals surface area contributed by atoms with Crippen LogP contribution in [-0.2, 0) is 17.8 Å². The zero-order valence-corrected chi connectivity index (χ0v) is 14.2. The molecule has 0 atom stereocenters.